The normalized spacial score (nSPS) is 11.3. The van der Waals surface area contributed by atoms with Crippen LogP contribution in [0.5, 0.6) is 0 Å². The molecule has 0 saturated carbocycles. The molecule has 4 nitrogen and oxygen atoms in total. The van der Waals surface area contributed by atoms with Crippen molar-refractivity contribution < 1.29 is 0 Å². The molecule has 0 fully saturated rings. The Morgan fingerprint density at radius 3 is 2.84 bits per heavy atom. The molecule has 0 saturated heterocycles. The van der Waals surface area contributed by atoms with Gasteiger partial charge in [0.1, 0.15) is 5.82 Å². The maximum absolute atomic E-state index is 4.39. The first kappa shape index (κ1) is 12.0. The van der Waals surface area contributed by atoms with Crippen molar-refractivity contribution in [3.63, 3.8) is 0 Å². The summed E-state index contributed by atoms with van der Waals surface area (Å²) >= 11 is 0. The minimum atomic E-state index is 0.802. The van der Waals surface area contributed by atoms with Gasteiger partial charge in [-0.05, 0) is 24.7 Å². The lowest BCUT2D eigenvalue weighted by Crippen LogP contribution is -2.06. The van der Waals surface area contributed by atoms with Gasteiger partial charge in [-0.25, -0.2) is 4.98 Å². The van der Waals surface area contributed by atoms with Crippen LogP contribution in [0.3, 0.4) is 0 Å². The molecule has 0 aliphatic heterocycles. The average molecular weight is 254 g/mol. The van der Waals surface area contributed by atoms with Crippen LogP contribution in [0.25, 0.3) is 10.9 Å². The molecule has 0 aliphatic rings. The van der Waals surface area contributed by atoms with E-state index in [0.717, 1.165) is 18.9 Å². The van der Waals surface area contributed by atoms with E-state index in [2.05, 4.69) is 49.9 Å². The highest BCUT2D eigenvalue weighted by Crippen LogP contribution is 2.21. The lowest BCUT2D eigenvalue weighted by atomic mass is 10.1. The number of hydrogen-bond acceptors (Lipinski definition) is 2. The van der Waals surface area contributed by atoms with Gasteiger partial charge < -0.3 is 14.5 Å². The van der Waals surface area contributed by atoms with E-state index in [9.17, 15) is 0 Å². The third-order valence-electron chi connectivity index (χ3n) is 3.50. The van der Waals surface area contributed by atoms with Crippen molar-refractivity contribution in [1.82, 2.24) is 19.4 Å². The predicted octanol–water partition coefficient (Wildman–Crippen LogP) is 2.14. The quantitative estimate of drug-likeness (QED) is 0.774. The molecular weight excluding hydrogens is 236 g/mol. The molecule has 2 aromatic heterocycles. The SMILES string of the molecule is CNCc1cccc2c1ccn2Cc1nccn1C. The molecule has 1 N–H and O–H groups in total. The molecule has 3 rings (SSSR count). The van der Waals surface area contributed by atoms with Gasteiger partial charge in [-0.15, -0.1) is 0 Å². The van der Waals surface area contributed by atoms with Gasteiger partial charge in [0.25, 0.3) is 0 Å². The summed E-state index contributed by atoms with van der Waals surface area (Å²) in [6, 6.07) is 8.64. The van der Waals surface area contributed by atoms with Crippen LogP contribution in [-0.2, 0) is 20.1 Å². The van der Waals surface area contributed by atoms with Crippen LogP contribution in [0.4, 0.5) is 0 Å². The van der Waals surface area contributed by atoms with Crippen LogP contribution in [0.15, 0.2) is 42.9 Å². The Kier molecular flexibility index (Phi) is 3.09. The van der Waals surface area contributed by atoms with Crippen LogP contribution < -0.4 is 5.32 Å². The highest BCUT2D eigenvalue weighted by atomic mass is 15.1. The van der Waals surface area contributed by atoms with Gasteiger partial charge in [0.2, 0.25) is 0 Å². The van der Waals surface area contributed by atoms with Crippen molar-refractivity contribution in [2.24, 2.45) is 7.05 Å². The third kappa shape index (κ3) is 2.15. The minimum absolute atomic E-state index is 0.802. The van der Waals surface area contributed by atoms with Crippen molar-refractivity contribution in [3.05, 3.63) is 54.2 Å². The Balaban J connectivity index is 2.01. The summed E-state index contributed by atoms with van der Waals surface area (Å²) in [5.74, 6) is 1.07. The maximum Gasteiger partial charge on any atom is 0.128 e. The molecule has 19 heavy (non-hydrogen) atoms. The predicted molar refractivity (Wildman–Crippen MR) is 77.0 cm³/mol. The molecule has 3 aromatic rings. The van der Waals surface area contributed by atoms with Crippen molar-refractivity contribution in [3.8, 4) is 0 Å². The largest absolute Gasteiger partial charge is 0.340 e. The fraction of sp³-hybridized carbons (Fsp3) is 0.267. The van der Waals surface area contributed by atoms with E-state index < -0.39 is 0 Å². The van der Waals surface area contributed by atoms with Gasteiger partial charge in [-0.1, -0.05) is 12.1 Å². The average Bonchev–Trinajstić information content (AvgIpc) is 2.99. The zero-order chi connectivity index (χ0) is 13.2. The molecule has 0 unspecified atom stereocenters. The summed E-state index contributed by atoms with van der Waals surface area (Å²) in [5, 5.41) is 4.53. The molecule has 4 heteroatoms. The van der Waals surface area contributed by atoms with E-state index in [0.29, 0.717) is 0 Å². The Labute approximate surface area is 112 Å². The smallest absolute Gasteiger partial charge is 0.128 e. The number of imidazole rings is 1. The molecule has 0 atom stereocenters. The van der Waals surface area contributed by atoms with E-state index in [1.165, 1.54) is 16.5 Å². The summed E-state index contributed by atoms with van der Waals surface area (Å²) in [5.41, 5.74) is 2.59. The van der Waals surface area contributed by atoms with Crippen LogP contribution in [0.1, 0.15) is 11.4 Å². The van der Waals surface area contributed by atoms with Gasteiger partial charge in [0, 0.05) is 43.1 Å². The Morgan fingerprint density at radius 1 is 1.21 bits per heavy atom. The number of rotatable bonds is 4. The summed E-state index contributed by atoms with van der Waals surface area (Å²) < 4.78 is 4.31. The monoisotopic (exact) mass is 254 g/mol. The Bertz CT molecular complexity index is 693. The molecule has 0 spiro atoms. The summed E-state index contributed by atoms with van der Waals surface area (Å²) in [6.07, 6.45) is 5.96. The van der Waals surface area contributed by atoms with E-state index in [4.69, 9.17) is 0 Å². The fourth-order valence-corrected chi connectivity index (χ4v) is 2.47. The first-order chi connectivity index (χ1) is 9.29. The molecule has 2 heterocycles. The van der Waals surface area contributed by atoms with Gasteiger partial charge >= 0.3 is 0 Å². The fourth-order valence-electron chi connectivity index (χ4n) is 2.47. The second kappa shape index (κ2) is 4.90. The Hall–Kier alpha value is -2.07. The van der Waals surface area contributed by atoms with Crippen LogP contribution in [-0.4, -0.2) is 21.2 Å². The summed E-state index contributed by atoms with van der Waals surface area (Å²) in [6.45, 7) is 1.69. The zero-order valence-electron chi connectivity index (χ0n) is 11.3. The molecule has 0 radical (unpaired) electrons. The summed E-state index contributed by atoms with van der Waals surface area (Å²) in [7, 11) is 4.00. The number of aromatic nitrogens is 3. The summed E-state index contributed by atoms with van der Waals surface area (Å²) in [4.78, 5) is 4.39. The van der Waals surface area contributed by atoms with Crippen LogP contribution in [0, 0.1) is 0 Å². The first-order valence-corrected chi connectivity index (χ1v) is 6.47. The molecular formula is C15H18N4. The second-order valence-corrected chi connectivity index (χ2v) is 4.78. The lowest BCUT2D eigenvalue weighted by Gasteiger charge is -2.07. The van der Waals surface area contributed by atoms with Crippen molar-refractivity contribution in [2.45, 2.75) is 13.1 Å². The van der Waals surface area contributed by atoms with E-state index in [1.807, 2.05) is 26.5 Å². The maximum atomic E-state index is 4.39. The Morgan fingerprint density at radius 2 is 2.11 bits per heavy atom. The number of nitrogens with one attached hydrogen (secondary N) is 1. The standard InChI is InChI=1S/C15H18N4/c1-16-10-12-4-3-5-14-13(12)6-8-19(14)11-15-17-7-9-18(15)2/h3-9,16H,10-11H2,1-2H3. The van der Waals surface area contributed by atoms with E-state index in [1.54, 1.807) is 0 Å². The molecule has 1 aromatic carbocycles. The molecule has 0 amide bonds. The van der Waals surface area contributed by atoms with Gasteiger partial charge in [-0.3, -0.25) is 0 Å². The molecule has 0 aliphatic carbocycles. The molecule has 98 valence electrons. The van der Waals surface area contributed by atoms with E-state index >= 15 is 0 Å². The number of nitrogens with zero attached hydrogens (tertiary/aromatic N) is 3. The number of fused-ring (bicyclic) bond motifs is 1. The zero-order valence-corrected chi connectivity index (χ0v) is 11.3. The minimum Gasteiger partial charge on any atom is -0.340 e. The first-order valence-electron chi connectivity index (χ1n) is 6.47. The number of hydrogen-bond donors (Lipinski definition) is 1. The second-order valence-electron chi connectivity index (χ2n) is 4.78. The number of benzene rings is 1. The van der Waals surface area contributed by atoms with Crippen molar-refractivity contribution in [1.29, 1.82) is 0 Å². The van der Waals surface area contributed by atoms with Crippen LogP contribution >= 0.6 is 0 Å². The van der Waals surface area contributed by atoms with Crippen molar-refractivity contribution in [2.75, 3.05) is 7.05 Å². The van der Waals surface area contributed by atoms with Gasteiger partial charge in [-0.2, -0.15) is 0 Å². The van der Waals surface area contributed by atoms with E-state index in [-0.39, 0.29) is 0 Å². The third-order valence-corrected chi connectivity index (χ3v) is 3.50. The lowest BCUT2D eigenvalue weighted by molar-refractivity contribution is 0.718. The highest BCUT2D eigenvalue weighted by molar-refractivity contribution is 5.83. The van der Waals surface area contributed by atoms with Crippen LogP contribution in [0.2, 0.25) is 0 Å². The van der Waals surface area contributed by atoms with Gasteiger partial charge in [0.05, 0.1) is 6.54 Å². The topological polar surface area (TPSA) is 34.8 Å². The van der Waals surface area contributed by atoms with Gasteiger partial charge in [0.15, 0.2) is 0 Å². The van der Waals surface area contributed by atoms with Crippen molar-refractivity contribution >= 4 is 10.9 Å². The molecule has 0 bridgehead atoms. The number of aryl methyl sites for hydroxylation is 1. The highest BCUT2D eigenvalue weighted by Gasteiger charge is 2.07.